The van der Waals surface area contributed by atoms with Crippen molar-refractivity contribution in [2.75, 3.05) is 7.11 Å². The first-order chi connectivity index (χ1) is 16.3. The maximum absolute atomic E-state index is 14.2. The highest BCUT2D eigenvalue weighted by Crippen LogP contribution is 2.43. The molecule has 4 aromatic rings. The number of imide groups is 1. The molecule has 0 radical (unpaired) electrons. The number of pyridine rings is 1. The van der Waals surface area contributed by atoms with E-state index in [4.69, 9.17) is 4.74 Å². The fraction of sp³-hybridized carbons (Fsp3) is 0.115. The number of rotatable bonds is 4. The molecule has 0 aliphatic carbocycles. The van der Waals surface area contributed by atoms with Gasteiger partial charge in [-0.15, -0.1) is 0 Å². The largest absolute Gasteiger partial charge is 0.495 e. The number of hydrogen-bond acceptors (Lipinski definition) is 4. The smallest absolute Gasteiger partial charge is 0.262 e. The predicted molar refractivity (Wildman–Crippen MR) is 119 cm³/mol. The van der Waals surface area contributed by atoms with Gasteiger partial charge in [0, 0.05) is 17.0 Å². The van der Waals surface area contributed by atoms with E-state index in [0.717, 1.165) is 23.1 Å². The zero-order chi connectivity index (χ0) is 24.1. The Morgan fingerprint density at radius 2 is 1.47 bits per heavy atom. The average Bonchev–Trinajstić information content (AvgIpc) is 3.07. The van der Waals surface area contributed by atoms with E-state index in [0.29, 0.717) is 5.52 Å². The van der Waals surface area contributed by atoms with Crippen molar-refractivity contribution in [1.29, 1.82) is 0 Å². The fourth-order valence-electron chi connectivity index (χ4n) is 4.40. The van der Waals surface area contributed by atoms with Gasteiger partial charge in [-0.1, -0.05) is 12.1 Å². The maximum atomic E-state index is 14.2. The van der Waals surface area contributed by atoms with E-state index in [9.17, 15) is 22.8 Å². The third-order valence-electron chi connectivity index (χ3n) is 5.89. The third-order valence-corrected chi connectivity index (χ3v) is 5.89. The molecule has 1 aliphatic rings. The van der Waals surface area contributed by atoms with Crippen molar-refractivity contribution in [3.63, 3.8) is 0 Å². The van der Waals surface area contributed by atoms with Gasteiger partial charge in [-0.2, -0.15) is 0 Å². The second-order valence-corrected chi connectivity index (χ2v) is 7.93. The number of aromatic nitrogens is 1. The van der Waals surface area contributed by atoms with E-state index in [2.05, 4.69) is 4.98 Å². The standard InChI is InChI=1S/C26H17F3N2O3/c1-13(31-25(32)18-5-3-4-6-19(18)26(31)33)23-22(14-9-16(28)11-17(29)10-14)24(34-2)20-12-15(27)7-8-21(20)30-23/h3-13H,1-2H3. The maximum Gasteiger partial charge on any atom is 0.262 e. The molecule has 0 saturated heterocycles. The second kappa shape index (κ2) is 7.98. The molecule has 34 heavy (non-hydrogen) atoms. The Balaban J connectivity index is 1.79. The van der Waals surface area contributed by atoms with Crippen LogP contribution in [0.4, 0.5) is 13.2 Å². The van der Waals surface area contributed by atoms with Crippen LogP contribution >= 0.6 is 0 Å². The topological polar surface area (TPSA) is 59.5 Å². The first-order valence-electron chi connectivity index (χ1n) is 10.4. The van der Waals surface area contributed by atoms with Crippen molar-refractivity contribution in [2.45, 2.75) is 13.0 Å². The van der Waals surface area contributed by atoms with Crippen LogP contribution in [-0.2, 0) is 0 Å². The van der Waals surface area contributed by atoms with E-state index < -0.39 is 35.3 Å². The number of nitrogens with zero attached hydrogens (tertiary/aromatic N) is 2. The van der Waals surface area contributed by atoms with Gasteiger partial charge in [-0.3, -0.25) is 14.5 Å². The minimum absolute atomic E-state index is 0.0754. The van der Waals surface area contributed by atoms with Gasteiger partial charge in [0.2, 0.25) is 0 Å². The van der Waals surface area contributed by atoms with Gasteiger partial charge in [-0.05, 0) is 55.0 Å². The zero-order valence-corrected chi connectivity index (χ0v) is 18.1. The van der Waals surface area contributed by atoms with Crippen molar-refractivity contribution in [3.8, 4) is 16.9 Å². The second-order valence-electron chi connectivity index (χ2n) is 7.93. The summed E-state index contributed by atoms with van der Waals surface area (Å²) in [6.45, 7) is 1.60. The summed E-state index contributed by atoms with van der Waals surface area (Å²) in [5.41, 5.74) is 1.25. The van der Waals surface area contributed by atoms with E-state index >= 15 is 0 Å². The van der Waals surface area contributed by atoms with E-state index in [-0.39, 0.29) is 39.1 Å². The van der Waals surface area contributed by atoms with Crippen LogP contribution in [0.1, 0.15) is 39.4 Å². The summed E-state index contributed by atoms with van der Waals surface area (Å²) in [7, 11) is 1.34. The Morgan fingerprint density at radius 1 is 0.853 bits per heavy atom. The minimum atomic E-state index is -0.933. The molecular weight excluding hydrogens is 445 g/mol. The number of benzene rings is 3. The lowest BCUT2D eigenvalue weighted by Crippen LogP contribution is -2.33. The minimum Gasteiger partial charge on any atom is -0.495 e. The van der Waals surface area contributed by atoms with Crippen LogP contribution in [0.3, 0.4) is 0 Å². The third kappa shape index (κ3) is 3.30. The Hall–Kier alpha value is -4.20. The van der Waals surface area contributed by atoms with E-state index in [1.54, 1.807) is 31.2 Å². The number of hydrogen-bond donors (Lipinski definition) is 0. The van der Waals surface area contributed by atoms with Crippen molar-refractivity contribution in [1.82, 2.24) is 9.88 Å². The number of carbonyl (C=O) groups is 2. The molecule has 2 amide bonds. The molecule has 2 heterocycles. The first kappa shape index (κ1) is 21.6. The first-order valence-corrected chi connectivity index (χ1v) is 10.4. The molecule has 1 aliphatic heterocycles. The normalized spacial score (nSPS) is 14.0. The summed E-state index contributed by atoms with van der Waals surface area (Å²) in [4.78, 5) is 31.9. The summed E-state index contributed by atoms with van der Waals surface area (Å²) < 4.78 is 48.0. The molecule has 170 valence electrons. The van der Waals surface area contributed by atoms with E-state index in [1.165, 1.54) is 25.3 Å². The number of carbonyl (C=O) groups excluding carboxylic acids is 2. The summed E-state index contributed by atoms with van der Waals surface area (Å²) in [5, 5.41) is 0.278. The van der Waals surface area contributed by atoms with Gasteiger partial charge in [0.05, 0.1) is 35.5 Å². The summed E-state index contributed by atoms with van der Waals surface area (Å²) >= 11 is 0. The van der Waals surface area contributed by atoms with Gasteiger partial charge in [-0.25, -0.2) is 18.2 Å². The number of ether oxygens (including phenoxy) is 1. The van der Waals surface area contributed by atoms with Crippen molar-refractivity contribution >= 4 is 22.7 Å². The number of halogens is 3. The molecular formula is C26H17F3N2O3. The average molecular weight is 462 g/mol. The van der Waals surface area contributed by atoms with Crippen LogP contribution in [0.5, 0.6) is 5.75 Å². The molecule has 0 bridgehead atoms. The Bertz CT molecular complexity index is 1450. The van der Waals surface area contributed by atoms with Crippen LogP contribution in [0.25, 0.3) is 22.0 Å². The SMILES string of the molecule is COc1c(-c2cc(F)cc(F)c2)c(C(C)N2C(=O)c3ccccc3C2=O)nc2ccc(F)cc12. The van der Waals surface area contributed by atoms with Crippen LogP contribution in [0.2, 0.25) is 0 Å². The molecule has 0 fully saturated rings. The van der Waals surface area contributed by atoms with Gasteiger partial charge >= 0.3 is 0 Å². The lowest BCUT2D eigenvalue weighted by molar-refractivity contribution is 0.0592. The lowest BCUT2D eigenvalue weighted by atomic mass is 9.95. The molecule has 1 unspecified atom stereocenters. The highest BCUT2D eigenvalue weighted by molar-refractivity contribution is 6.21. The lowest BCUT2D eigenvalue weighted by Gasteiger charge is -2.26. The highest BCUT2D eigenvalue weighted by atomic mass is 19.1. The molecule has 0 N–H and O–H groups in total. The van der Waals surface area contributed by atoms with Crippen LogP contribution < -0.4 is 4.74 Å². The Morgan fingerprint density at radius 3 is 2.06 bits per heavy atom. The Labute approximate surface area is 192 Å². The van der Waals surface area contributed by atoms with Crippen molar-refractivity contribution in [3.05, 3.63) is 94.9 Å². The molecule has 5 rings (SSSR count). The van der Waals surface area contributed by atoms with Crippen LogP contribution in [-0.4, -0.2) is 28.8 Å². The van der Waals surface area contributed by atoms with Crippen molar-refractivity contribution in [2.24, 2.45) is 0 Å². The van der Waals surface area contributed by atoms with Crippen molar-refractivity contribution < 1.29 is 27.5 Å². The molecule has 1 atom stereocenters. The van der Waals surface area contributed by atoms with Gasteiger partial charge in [0.25, 0.3) is 11.8 Å². The van der Waals surface area contributed by atoms with E-state index in [1.807, 2.05) is 0 Å². The molecule has 0 spiro atoms. The van der Waals surface area contributed by atoms with Crippen LogP contribution in [0, 0.1) is 17.5 Å². The Kier molecular flexibility index (Phi) is 5.08. The van der Waals surface area contributed by atoms with Gasteiger partial charge in [0.15, 0.2) is 0 Å². The molecule has 3 aromatic carbocycles. The highest BCUT2D eigenvalue weighted by Gasteiger charge is 2.40. The molecule has 8 heteroatoms. The quantitative estimate of drug-likeness (QED) is 0.366. The number of amides is 2. The fourth-order valence-corrected chi connectivity index (χ4v) is 4.40. The summed E-state index contributed by atoms with van der Waals surface area (Å²) in [6.07, 6.45) is 0. The monoisotopic (exact) mass is 462 g/mol. The van der Waals surface area contributed by atoms with Gasteiger partial charge < -0.3 is 4.74 Å². The van der Waals surface area contributed by atoms with Gasteiger partial charge in [0.1, 0.15) is 23.2 Å². The summed E-state index contributed by atoms with van der Waals surface area (Å²) in [6, 6.07) is 12.2. The predicted octanol–water partition coefficient (Wildman–Crippen LogP) is 5.68. The molecule has 0 saturated carbocycles. The van der Waals surface area contributed by atoms with Crippen LogP contribution in [0.15, 0.2) is 60.7 Å². The number of fused-ring (bicyclic) bond motifs is 2. The molecule has 1 aromatic heterocycles. The molecule has 5 nitrogen and oxygen atoms in total. The summed E-state index contributed by atoms with van der Waals surface area (Å²) in [5.74, 6) is -3.13. The zero-order valence-electron chi connectivity index (χ0n) is 18.1. The number of methoxy groups -OCH3 is 1.